The molecule has 32 heavy (non-hydrogen) atoms. The average Bonchev–Trinajstić information content (AvgIpc) is 2.78. The number of esters is 2. The van der Waals surface area contributed by atoms with E-state index in [0.29, 0.717) is 35.7 Å². The summed E-state index contributed by atoms with van der Waals surface area (Å²) < 4.78 is 10.2. The maximum Gasteiger partial charge on any atom is 0.340 e. The lowest BCUT2D eigenvalue weighted by Gasteiger charge is -2.31. The lowest BCUT2D eigenvalue weighted by atomic mass is 9.85. The van der Waals surface area contributed by atoms with Gasteiger partial charge in [0, 0.05) is 41.5 Å². The van der Waals surface area contributed by atoms with Crippen LogP contribution in [0.25, 0.3) is 5.57 Å². The Hall–Kier alpha value is -3.34. The van der Waals surface area contributed by atoms with Crippen LogP contribution in [0.5, 0.6) is 0 Å². The van der Waals surface area contributed by atoms with Crippen molar-refractivity contribution in [2.24, 2.45) is 0 Å². The lowest BCUT2D eigenvalue weighted by molar-refractivity contribution is -0.384. The van der Waals surface area contributed by atoms with Gasteiger partial charge >= 0.3 is 11.9 Å². The smallest absolute Gasteiger partial charge is 0.340 e. The average molecular weight is 464 g/mol. The SMILES string of the molecule is CCOC(=O)C1=C(c2cccc([N+](=O)[O-])c2)C(C(=O)OC)=C(C)NC1CSCCNC=O. The van der Waals surface area contributed by atoms with Crippen LogP contribution in [-0.2, 0) is 23.9 Å². The van der Waals surface area contributed by atoms with E-state index < -0.39 is 22.9 Å². The number of dihydropyridines is 1. The van der Waals surface area contributed by atoms with Crippen LogP contribution in [0.3, 0.4) is 0 Å². The van der Waals surface area contributed by atoms with Gasteiger partial charge in [-0.1, -0.05) is 12.1 Å². The fourth-order valence-corrected chi connectivity index (χ4v) is 4.22. The molecule has 0 bridgehead atoms. The molecule has 11 heteroatoms. The van der Waals surface area contributed by atoms with Crippen LogP contribution >= 0.6 is 11.8 Å². The lowest BCUT2D eigenvalue weighted by Crippen LogP contribution is -2.41. The summed E-state index contributed by atoms with van der Waals surface area (Å²) >= 11 is 1.49. The summed E-state index contributed by atoms with van der Waals surface area (Å²) in [6, 6.07) is 5.20. The molecule has 1 heterocycles. The van der Waals surface area contributed by atoms with Crippen molar-refractivity contribution in [3.05, 3.63) is 56.8 Å². The van der Waals surface area contributed by atoms with Gasteiger partial charge in [-0.3, -0.25) is 14.9 Å². The monoisotopic (exact) mass is 463 g/mol. The Bertz CT molecular complexity index is 958. The molecule has 1 aliphatic heterocycles. The number of ether oxygens (including phenoxy) is 2. The van der Waals surface area contributed by atoms with Gasteiger partial charge in [0.2, 0.25) is 6.41 Å². The number of nitro benzene ring substituents is 1. The van der Waals surface area contributed by atoms with Crippen molar-refractivity contribution in [3.8, 4) is 0 Å². The predicted octanol–water partition coefficient (Wildman–Crippen LogP) is 1.81. The molecule has 172 valence electrons. The predicted molar refractivity (Wildman–Crippen MR) is 120 cm³/mol. The van der Waals surface area contributed by atoms with Crippen molar-refractivity contribution in [2.75, 3.05) is 31.8 Å². The van der Waals surface area contributed by atoms with Crippen LogP contribution in [0.2, 0.25) is 0 Å². The fourth-order valence-electron chi connectivity index (χ4n) is 3.30. The third kappa shape index (κ3) is 5.88. The van der Waals surface area contributed by atoms with Gasteiger partial charge in [-0.2, -0.15) is 11.8 Å². The number of carbonyl (C=O) groups excluding carboxylic acids is 3. The van der Waals surface area contributed by atoms with Gasteiger partial charge in [0.05, 0.1) is 35.8 Å². The van der Waals surface area contributed by atoms with Crippen molar-refractivity contribution in [1.82, 2.24) is 10.6 Å². The molecular formula is C21H25N3O7S. The zero-order valence-electron chi connectivity index (χ0n) is 18.0. The number of hydrogen-bond donors (Lipinski definition) is 2. The van der Waals surface area contributed by atoms with Gasteiger partial charge in [-0.25, -0.2) is 9.59 Å². The number of amides is 1. The Labute approximate surface area is 189 Å². The van der Waals surface area contributed by atoms with Crippen LogP contribution in [0.15, 0.2) is 41.1 Å². The highest BCUT2D eigenvalue weighted by Crippen LogP contribution is 2.37. The Kier molecular flexibility index (Phi) is 9.26. The highest BCUT2D eigenvalue weighted by Gasteiger charge is 2.36. The van der Waals surface area contributed by atoms with E-state index in [4.69, 9.17) is 9.47 Å². The minimum Gasteiger partial charge on any atom is -0.465 e. The molecule has 0 saturated heterocycles. The summed E-state index contributed by atoms with van der Waals surface area (Å²) in [7, 11) is 1.22. The van der Waals surface area contributed by atoms with Crippen molar-refractivity contribution in [3.63, 3.8) is 0 Å². The molecule has 0 aliphatic carbocycles. The number of benzene rings is 1. The minimum atomic E-state index is -0.681. The van der Waals surface area contributed by atoms with E-state index in [-0.39, 0.29) is 29.0 Å². The molecule has 2 N–H and O–H groups in total. The number of thioether (sulfide) groups is 1. The van der Waals surface area contributed by atoms with Crippen molar-refractivity contribution < 1.29 is 28.8 Å². The molecule has 0 fully saturated rings. The zero-order chi connectivity index (χ0) is 23.7. The molecule has 0 aromatic heterocycles. The van der Waals surface area contributed by atoms with Crippen molar-refractivity contribution in [2.45, 2.75) is 19.9 Å². The quantitative estimate of drug-likeness (QED) is 0.165. The first-order valence-electron chi connectivity index (χ1n) is 9.82. The molecular weight excluding hydrogens is 438 g/mol. The first-order valence-corrected chi connectivity index (χ1v) is 11.0. The number of methoxy groups -OCH3 is 1. The van der Waals surface area contributed by atoms with Crippen LogP contribution in [-0.4, -0.2) is 61.1 Å². The molecule has 1 aliphatic rings. The van der Waals surface area contributed by atoms with Gasteiger partial charge in [-0.15, -0.1) is 0 Å². The number of rotatable bonds is 11. The molecule has 0 spiro atoms. The topological polar surface area (TPSA) is 137 Å². The molecule has 2 rings (SSSR count). The van der Waals surface area contributed by atoms with E-state index in [1.54, 1.807) is 19.9 Å². The van der Waals surface area contributed by atoms with Crippen molar-refractivity contribution >= 4 is 41.4 Å². The molecule has 1 atom stereocenters. The Morgan fingerprint density at radius 2 is 2.09 bits per heavy atom. The number of non-ortho nitro benzene ring substituents is 1. The zero-order valence-corrected chi connectivity index (χ0v) is 18.8. The minimum absolute atomic E-state index is 0.111. The number of nitrogens with zero attached hydrogens (tertiary/aromatic N) is 1. The van der Waals surface area contributed by atoms with E-state index in [2.05, 4.69) is 10.6 Å². The summed E-state index contributed by atoms with van der Waals surface area (Å²) in [4.78, 5) is 46.9. The second-order valence-electron chi connectivity index (χ2n) is 6.65. The fraction of sp³-hybridized carbons (Fsp3) is 0.381. The van der Waals surface area contributed by atoms with E-state index in [9.17, 15) is 24.5 Å². The molecule has 1 aromatic rings. The van der Waals surface area contributed by atoms with Crippen LogP contribution < -0.4 is 10.6 Å². The molecule has 0 radical (unpaired) electrons. The molecule has 0 saturated carbocycles. The number of allylic oxidation sites excluding steroid dienone is 1. The first kappa shape index (κ1) is 24.9. The Balaban J connectivity index is 2.65. The van der Waals surface area contributed by atoms with Gasteiger partial charge in [0.15, 0.2) is 0 Å². The molecule has 1 unspecified atom stereocenters. The second kappa shape index (κ2) is 11.9. The highest BCUT2D eigenvalue weighted by molar-refractivity contribution is 7.99. The standard InChI is InChI=1S/C21H25N3O7S/c1-4-31-21(27)19-16(11-32-9-8-22-12-25)23-13(2)17(20(26)30-3)18(19)14-6-5-7-15(10-14)24(28)29/h5-7,10,12,16,23H,4,8-9,11H2,1-3H3,(H,22,25). The van der Waals surface area contributed by atoms with E-state index in [0.717, 1.165) is 0 Å². The maximum absolute atomic E-state index is 13.0. The number of nitrogens with one attached hydrogen (secondary N) is 2. The van der Waals surface area contributed by atoms with Gasteiger partial charge in [-0.05, 0) is 19.4 Å². The summed E-state index contributed by atoms with van der Waals surface area (Å²) in [5, 5.41) is 17.1. The van der Waals surface area contributed by atoms with Crippen molar-refractivity contribution in [1.29, 1.82) is 0 Å². The first-order chi connectivity index (χ1) is 15.3. The summed E-state index contributed by atoms with van der Waals surface area (Å²) in [6.07, 6.45) is 0.610. The molecule has 10 nitrogen and oxygen atoms in total. The largest absolute Gasteiger partial charge is 0.465 e. The van der Waals surface area contributed by atoms with Crippen LogP contribution in [0, 0.1) is 10.1 Å². The number of carbonyl (C=O) groups is 3. The summed E-state index contributed by atoms with van der Waals surface area (Å²) in [5.41, 5.74) is 1.18. The van der Waals surface area contributed by atoms with E-state index in [1.807, 2.05) is 0 Å². The normalized spacial score (nSPS) is 15.7. The summed E-state index contributed by atoms with van der Waals surface area (Å²) in [5.74, 6) is -0.281. The third-order valence-electron chi connectivity index (χ3n) is 4.62. The van der Waals surface area contributed by atoms with Crippen LogP contribution in [0.1, 0.15) is 19.4 Å². The Morgan fingerprint density at radius 1 is 1.34 bits per heavy atom. The van der Waals surface area contributed by atoms with Gasteiger partial charge in [0.25, 0.3) is 5.69 Å². The number of nitro groups is 1. The summed E-state index contributed by atoms with van der Waals surface area (Å²) in [6.45, 7) is 3.92. The van der Waals surface area contributed by atoms with Gasteiger partial charge in [0.1, 0.15) is 0 Å². The van der Waals surface area contributed by atoms with Gasteiger partial charge < -0.3 is 20.1 Å². The second-order valence-corrected chi connectivity index (χ2v) is 7.80. The highest BCUT2D eigenvalue weighted by atomic mass is 32.2. The Morgan fingerprint density at radius 3 is 2.72 bits per heavy atom. The third-order valence-corrected chi connectivity index (χ3v) is 5.68. The number of hydrogen-bond acceptors (Lipinski definition) is 9. The van der Waals surface area contributed by atoms with E-state index in [1.165, 1.54) is 37.1 Å². The molecule has 1 amide bonds. The maximum atomic E-state index is 13.0. The van der Waals surface area contributed by atoms with Crippen LogP contribution in [0.4, 0.5) is 5.69 Å². The van der Waals surface area contributed by atoms with E-state index >= 15 is 0 Å². The molecule has 1 aromatic carbocycles.